The second kappa shape index (κ2) is 9.21. The highest BCUT2D eigenvalue weighted by Crippen LogP contribution is 2.31. The first-order chi connectivity index (χ1) is 14.2. The summed E-state index contributed by atoms with van der Waals surface area (Å²) in [5.41, 5.74) is 1.84. The Morgan fingerprint density at radius 2 is 2.03 bits per heavy atom. The summed E-state index contributed by atoms with van der Waals surface area (Å²) in [4.78, 5) is 20.1. The smallest absolute Gasteiger partial charge is 0.293 e. The number of ether oxygens (including phenoxy) is 2. The molecule has 7 nitrogen and oxygen atoms in total. The molecular weight excluding hydrogens is 390 g/mol. The highest BCUT2D eigenvalue weighted by Gasteiger charge is 2.15. The van der Waals surface area contributed by atoms with Crippen molar-refractivity contribution >= 4 is 22.4 Å². The first kappa shape index (κ1) is 19.6. The van der Waals surface area contributed by atoms with Crippen LogP contribution in [0.4, 0.5) is 5.13 Å². The highest BCUT2D eigenvalue weighted by molar-refractivity contribution is 7.16. The van der Waals surface area contributed by atoms with Crippen molar-refractivity contribution in [3.63, 3.8) is 0 Å². The minimum absolute atomic E-state index is 0.262. The van der Waals surface area contributed by atoms with Crippen LogP contribution in [0.25, 0.3) is 11.3 Å². The van der Waals surface area contributed by atoms with E-state index in [1.807, 2.05) is 31.2 Å². The molecular formula is C21H23N3O4S. The summed E-state index contributed by atoms with van der Waals surface area (Å²) in [5.74, 6) is 0.790. The fourth-order valence-corrected chi connectivity index (χ4v) is 3.94. The number of nitrogens with zero attached hydrogens (tertiary/aromatic N) is 2. The number of hydrogen-bond donors (Lipinski definition) is 1. The van der Waals surface area contributed by atoms with Crippen LogP contribution in [0.3, 0.4) is 0 Å². The van der Waals surface area contributed by atoms with Gasteiger partial charge in [-0.25, -0.2) is 4.98 Å². The molecule has 3 heterocycles. The van der Waals surface area contributed by atoms with E-state index in [2.05, 4.69) is 15.2 Å². The first-order valence-corrected chi connectivity index (χ1v) is 10.4. The Morgan fingerprint density at radius 3 is 2.76 bits per heavy atom. The first-order valence-electron chi connectivity index (χ1n) is 9.54. The molecule has 29 heavy (non-hydrogen) atoms. The van der Waals surface area contributed by atoms with Gasteiger partial charge in [0.15, 0.2) is 10.9 Å². The fraction of sp³-hybridized carbons (Fsp3) is 0.333. The zero-order chi connectivity index (χ0) is 20.1. The van der Waals surface area contributed by atoms with Gasteiger partial charge in [0.1, 0.15) is 12.4 Å². The molecule has 0 spiro atoms. The van der Waals surface area contributed by atoms with Gasteiger partial charge < -0.3 is 13.9 Å². The SMILES string of the molecule is Cc1sc(NC(=O)c2ccco2)nc1-c1ccc(OCCN2CCOCC2)cc1. The van der Waals surface area contributed by atoms with Crippen molar-refractivity contribution < 1.29 is 18.7 Å². The van der Waals surface area contributed by atoms with Gasteiger partial charge in [0.25, 0.3) is 5.91 Å². The van der Waals surface area contributed by atoms with Gasteiger partial charge in [-0.05, 0) is 43.3 Å². The van der Waals surface area contributed by atoms with Crippen LogP contribution in [0.15, 0.2) is 47.1 Å². The third kappa shape index (κ3) is 5.03. The van der Waals surface area contributed by atoms with Gasteiger partial charge in [0.2, 0.25) is 0 Å². The van der Waals surface area contributed by atoms with Crippen LogP contribution in [0.2, 0.25) is 0 Å². The Balaban J connectivity index is 1.34. The van der Waals surface area contributed by atoms with E-state index in [0.717, 1.165) is 54.7 Å². The third-order valence-electron chi connectivity index (χ3n) is 4.67. The highest BCUT2D eigenvalue weighted by atomic mass is 32.1. The summed E-state index contributed by atoms with van der Waals surface area (Å²) in [6.45, 7) is 7.06. The van der Waals surface area contributed by atoms with Gasteiger partial charge in [-0.3, -0.25) is 15.0 Å². The number of nitrogens with one attached hydrogen (secondary N) is 1. The van der Waals surface area contributed by atoms with Crippen LogP contribution < -0.4 is 10.1 Å². The quantitative estimate of drug-likeness (QED) is 0.637. The van der Waals surface area contributed by atoms with Crippen LogP contribution in [0.5, 0.6) is 5.75 Å². The molecule has 1 saturated heterocycles. The minimum atomic E-state index is -0.306. The van der Waals surface area contributed by atoms with E-state index in [9.17, 15) is 4.79 Å². The predicted octanol–water partition coefficient (Wildman–Crippen LogP) is 3.67. The second-order valence-electron chi connectivity index (χ2n) is 6.68. The molecule has 4 rings (SSSR count). The molecule has 3 aromatic rings. The van der Waals surface area contributed by atoms with Gasteiger partial charge in [-0.2, -0.15) is 0 Å². The molecule has 2 aromatic heterocycles. The number of thiazole rings is 1. The molecule has 0 radical (unpaired) electrons. The number of anilines is 1. The van der Waals surface area contributed by atoms with Crippen LogP contribution in [-0.4, -0.2) is 55.2 Å². The summed E-state index contributed by atoms with van der Waals surface area (Å²) < 4.78 is 16.3. The molecule has 1 aliphatic heterocycles. The predicted molar refractivity (Wildman–Crippen MR) is 112 cm³/mol. The molecule has 1 amide bonds. The molecule has 0 aliphatic carbocycles. The standard InChI is InChI=1S/C21H23N3O4S/c1-15-19(22-21(29-15)23-20(25)18-3-2-11-28-18)16-4-6-17(7-5-16)27-14-10-24-8-12-26-13-9-24/h2-7,11H,8-10,12-14H2,1H3,(H,22,23,25). The van der Waals surface area contributed by atoms with E-state index in [1.165, 1.54) is 17.6 Å². The van der Waals surface area contributed by atoms with Crippen molar-refractivity contribution in [1.29, 1.82) is 0 Å². The Bertz CT molecular complexity index is 932. The number of furan rings is 1. The summed E-state index contributed by atoms with van der Waals surface area (Å²) in [7, 11) is 0. The molecule has 152 valence electrons. The molecule has 1 aliphatic rings. The van der Waals surface area contributed by atoms with Crippen LogP contribution in [0.1, 0.15) is 15.4 Å². The lowest BCUT2D eigenvalue weighted by atomic mass is 10.1. The maximum atomic E-state index is 12.1. The molecule has 0 saturated carbocycles. The topological polar surface area (TPSA) is 76.8 Å². The zero-order valence-corrected chi connectivity index (χ0v) is 17.0. The molecule has 0 atom stereocenters. The summed E-state index contributed by atoms with van der Waals surface area (Å²) in [6.07, 6.45) is 1.47. The average Bonchev–Trinajstić information content (AvgIpc) is 3.40. The summed E-state index contributed by atoms with van der Waals surface area (Å²) in [6, 6.07) is 11.2. The lowest BCUT2D eigenvalue weighted by molar-refractivity contribution is 0.0322. The molecule has 1 aromatic carbocycles. The summed E-state index contributed by atoms with van der Waals surface area (Å²) in [5, 5.41) is 3.33. The van der Waals surface area contributed by atoms with Crippen molar-refractivity contribution in [1.82, 2.24) is 9.88 Å². The number of carbonyl (C=O) groups excluding carboxylic acids is 1. The van der Waals surface area contributed by atoms with Crippen LogP contribution in [0, 0.1) is 6.92 Å². The molecule has 0 bridgehead atoms. The van der Waals surface area contributed by atoms with Gasteiger partial charge >= 0.3 is 0 Å². The third-order valence-corrected chi connectivity index (χ3v) is 5.56. The fourth-order valence-electron chi connectivity index (χ4n) is 3.11. The molecule has 1 N–H and O–H groups in total. The minimum Gasteiger partial charge on any atom is -0.492 e. The molecule has 1 fully saturated rings. The maximum absolute atomic E-state index is 12.1. The number of morpholine rings is 1. The van der Waals surface area contributed by atoms with Gasteiger partial charge in [-0.15, -0.1) is 11.3 Å². The van der Waals surface area contributed by atoms with Gasteiger partial charge in [0.05, 0.1) is 25.2 Å². The number of amides is 1. The number of hydrogen-bond acceptors (Lipinski definition) is 7. The maximum Gasteiger partial charge on any atom is 0.293 e. The van der Waals surface area contributed by atoms with Crippen LogP contribution >= 0.6 is 11.3 Å². The number of aryl methyl sites for hydroxylation is 1. The van der Waals surface area contributed by atoms with E-state index >= 15 is 0 Å². The molecule has 8 heteroatoms. The van der Waals surface area contributed by atoms with Crippen molar-refractivity contribution in [2.24, 2.45) is 0 Å². The van der Waals surface area contributed by atoms with Crippen molar-refractivity contribution in [3.8, 4) is 17.0 Å². The van der Waals surface area contributed by atoms with E-state index in [4.69, 9.17) is 13.9 Å². The normalized spacial score (nSPS) is 14.7. The van der Waals surface area contributed by atoms with Gasteiger partial charge in [0, 0.05) is 30.1 Å². The van der Waals surface area contributed by atoms with Crippen molar-refractivity contribution in [2.45, 2.75) is 6.92 Å². The van der Waals surface area contributed by atoms with Gasteiger partial charge in [-0.1, -0.05) is 0 Å². The Morgan fingerprint density at radius 1 is 1.24 bits per heavy atom. The van der Waals surface area contributed by atoms with E-state index in [0.29, 0.717) is 11.7 Å². The Labute approximate surface area is 173 Å². The number of rotatable bonds is 7. The summed E-state index contributed by atoms with van der Waals surface area (Å²) >= 11 is 1.44. The number of carbonyl (C=O) groups is 1. The van der Waals surface area contributed by atoms with Crippen molar-refractivity contribution in [3.05, 3.63) is 53.3 Å². The largest absolute Gasteiger partial charge is 0.492 e. The van der Waals surface area contributed by atoms with Crippen LogP contribution in [-0.2, 0) is 4.74 Å². The zero-order valence-electron chi connectivity index (χ0n) is 16.2. The van der Waals surface area contributed by atoms with E-state index < -0.39 is 0 Å². The average molecular weight is 413 g/mol. The monoisotopic (exact) mass is 413 g/mol. The van der Waals surface area contributed by atoms with Crippen molar-refractivity contribution in [2.75, 3.05) is 44.8 Å². The lowest BCUT2D eigenvalue weighted by Gasteiger charge is -2.26. The number of benzene rings is 1. The Hall–Kier alpha value is -2.68. The lowest BCUT2D eigenvalue weighted by Crippen LogP contribution is -2.38. The molecule has 0 unspecified atom stereocenters. The van der Waals surface area contributed by atoms with E-state index in [-0.39, 0.29) is 11.7 Å². The second-order valence-corrected chi connectivity index (χ2v) is 7.89. The van der Waals surface area contributed by atoms with E-state index in [1.54, 1.807) is 12.1 Å². The Kier molecular flexibility index (Phi) is 6.24. The number of aromatic nitrogens is 1.